The molecular formula is C11H8BrClFN3. The summed E-state index contributed by atoms with van der Waals surface area (Å²) in [5, 5.41) is 2.85. The van der Waals surface area contributed by atoms with E-state index in [0.717, 1.165) is 21.9 Å². The fourth-order valence-electron chi connectivity index (χ4n) is 1.38. The van der Waals surface area contributed by atoms with Crippen LogP contribution in [0.4, 0.5) is 15.9 Å². The van der Waals surface area contributed by atoms with Crippen LogP contribution >= 0.6 is 27.5 Å². The number of halogens is 3. The molecule has 0 saturated heterocycles. The van der Waals surface area contributed by atoms with Gasteiger partial charge in [0.25, 0.3) is 0 Å². The highest BCUT2D eigenvalue weighted by molar-refractivity contribution is 9.10. The number of hydrogen-bond donors (Lipinski definition) is 1. The fraction of sp³-hybridized carbons (Fsp3) is 0.0909. The first-order chi connectivity index (χ1) is 8.04. The number of benzene rings is 1. The Morgan fingerprint density at radius 2 is 2.12 bits per heavy atom. The van der Waals surface area contributed by atoms with Gasteiger partial charge >= 0.3 is 0 Å². The Labute approximate surface area is 111 Å². The van der Waals surface area contributed by atoms with Crippen molar-refractivity contribution in [1.82, 2.24) is 9.97 Å². The van der Waals surface area contributed by atoms with Gasteiger partial charge in [0, 0.05) is 10.2 Å². The van der Waals surface area contributed by atoms with E-state index >= 15 is 0 Å². The molecule has 1 N–H and O–H groups in total. The van der Waals surface area contributed by atoms with E-state index in [4.69, 9.17) is 11.6 Å². The van der Waals surface area contributed by atoms with Gasteiger partial charge in [-0.1, -0.05) is 15.9 Å². The molecule has 2 aromatic rings. The van der Waals surface area contributed by atoms with E-state index in [1.54, 1.807) is 0 Å². The minimum absolute atomic E-state index is 0.000573. The van der Waals surface area contributed by atoms with Crippen LogP contribution in [-0.2, 0) is 0 Å². The van der Waals surface area contributed by atoms with Crippen molar-refractivity contribution in [3.8, 4) is 0 Å². The molecule has 1 aromatic carbocycles. The predicted molar refractivity (Wildman–Crippen MR) is 69.2 cm³/mol. The van der Waals surface area contributed by atoms with E-state index in [1.165, 1.54) is 0 Å². The molecule has 1 heterocycles. The van der Waals surface area contributed by atoms with Gasteiger partial charge in [-0.05, 0) is 42.3 Å². The molecule has 0 aliphatic rings. The average Bonchev–Trinajstić information content (AvgIpc) is 2.22. The topological polar surface area (TPSA) is 37.8 Å². The van der Waals surface area contributed by atoms with E-state index in [1.807, 2.05) is 25.1 Å². The summed E-state index contributed by atoms with van der Waals surface area (Å²) in [6.45, 7) is 1.94. The molecule has 2 rings (SSSR count). The summed E-state index contributed by atoms with van der Waals surface area (Å²) in [7, 11) is 0. The first kappa shape index (κ1) is 12.3. The normalized spacial score (nSPS) is 10.4. The second-order valence-corrected chi connectivity index (χ2v) is 4.73. The molecule has 0 aliphatic heterocycles. The molecule has 0 spiro atoms. The Balaban J connectivity index is 2.34. The lowest BCUT2D eigenvalue weighted by molar-refractivity contribution is 0.619. The Hall–Kier alpha value is -1.20. The van der Waals surface area contributed by atoms with Crippen molar-refractivity contribution in [2.75, 3.05) is 5.32 Å². The third-order valence-corrected chi connectivity index (χ3v) is 2.66. The van der Waals surface area contributed by atoms with E-state index in [0.29, 0.717) is 0 Å². The maximum absolute atomic E-state index is 13.4. The molecule has 0 radical (unpaired) electrons. The quantitative estimate of drug-likeness (QED) is 0.848. The molecule has 0 bridgehead atoms. The van der Waals surface area contributed by atoms with Crippen molar-refractivity contribution < 1.29 is 4.39 Å². The van der Waals surface area contributed by atoms with Gasteiger partial charge in [0.15, 0.2) is 11.6 Å². The number of hydrogen-bond acceptors (Lipinski definition) is 3. The van der Waals surface area contributed by atoms with Gasteiger partial charge in [0.1, 0.15) is 0 Å². The summed E-state index contributed by atoms with van der Waals surface area (Å²) in [6.07, 6.45) is 1.03. The second kappa shape index (κ2) is 4.98. The van der Waals surface area contributed by atoms with Crippen molar-refractivity contribution in [2.24, 2.45) is 0 Å². The molecule has 88 valence electrons. The standard InChI is InChI=1S/C11H8BrClFN3/c1-6-2-7(12)4-8(3-6)16-10-9(14)5-15-11(13)17-10/h2-5H,1H3,(H,15,16,17). The lowest BCUT2D eigenvalue weighted by Crippen LogP contribution is -1.99. The van der Waals surface area contributed by atoms with Gasteiger partial charge in [-0.2, -0.15) is 4.98 Å². The van der Waals surface area contributed by atoms with Crippen LogP contribution in [-0.4, -0.2) is 9.97 Å². The van der Waals surface area contributed by atoms with Crippen molar-refractivity contribution in [1.29, 1.82) is 0 Å². The van der Waals surface area contributed by atoms with Gasteiger partial charge in [0.05, 0.1) is 6.20 Å². The largest absolute Gasteiger partial charge is 0.338 e. The molecule has 6 heteroatoms. The third kappa shape index (κ3) is 3.14. The van der Waals surface area contributed by atoms with Crippen LogP contribution in [0, 0.1) is 12.7 Å². The van der Waals surface area contributed by atoms with Crippen LogP contribution < -0.4 is 5.32 Å². The Bertz CT molecular complexity index is 542. The summed E-state index contributed by atoms with van der Waals surface area (Å²) in [6, 6.07) is 5.65. The number of rotatable bonds is 2. The van der Waals surface area contributed by atoms with Gasteiger partial charge in [0.2, 0.25) is 5.28 Å². The monoisotopic (exact) mass is 315 g/mol. The molecule has 3 nitrogen and oxygen atoms in total. The second-order valence-electron chi connectivity index (χ2n) is 3.48. The van der Waals surface area contributed by atoms with Crippen molar-refractivity contribution >= 4 is 39.0 Å². The highest BCUT2D eigenvalue weighted by Gasteiger charge is 2.06. The van der Waals surface area contributed by atoms with E-state index in [-0.39, 0.29) is 11.1 Å². The number of anilines is 2. The smallest absolute Gasteiger partial charge is 0.224 e. The summed E-state index contributed by atoms with van der Waals surface area (Å²) < 4.78 is 14.3. The third-order valence-electron chi connectivity index (χ3n) is 2.02. The van der Waals surface area contributed by atoms with Crippen molar-refractivity contribution in [2.45, 2.75) is 6.92 Å². The zero-order chi connectivity index (χ0) is 12.4. The SMILES string of the molecule is Cc1cc(Br)cc(Nc2nc(Cl)ncc2F)c1. The van der Waals surface area contributed by atoms with Crippen molar-refractivity contribution in [3.05, 3.63) is 45.5 Å². The molecule has 0 aliphatic carbocycles. The molecule has 0 fully saturated rings. The molecular weight excluding hydrogens is 308 g/mol. The zero-order valence-corrected chi connectivity index (χ0v) is 11.2. The van der Waals surface area contributed by atoms with Crippen LogP contribution in [0.15, 0.2) is 28.9 Å². The lowest BCUT2D eigenvalue weighted by atomic mass is 10.2. The van der Waals surface area contributed by atoms with E-state index in [9.17, 15) is 4.39 Å². The van der Waals surface area contributed by atoms with Gasteiger partial charge < -0.3 is 5.32 Å². The first-order valence-corrected chi connectivity index (χ1v) is 5.94. The summed E-state index contributed by atoms with van der Waals surface area (Å²) in [5.74, 6) is -0.491. The van der Waals surface area contributed by atoms with Gasteiger partial charge in [-0.3, -0.25) is 0 Å². The first-order valence-electron chi connectivity index (χ1n) is 4.77. The van der Waals surface area contributed by atoms with Crippen LogP contribution in [0.25, 0.3) is 0 Å². The van der Waals surface area contributed by atoms with Gasteiger partial charge in [-0.15, -0.1) is 0 Å². The Morgan fingerprint density at radius 1 is 1.35 bits per heavy atom. The molecule has 0 amide bonds. The Morgan fingerprint density at radius 3 is 2.82 bits per heavy atom. The molecule has 0 saturated carbocycles. The highest BCUT2D eigenvalue weighted by Crippen LogP contribution is 2.23. The zero-order valence-electron chi connectivity index (χ0n) is 8.84. The van der Waals surface area contributed by atoms with E-state index < -0.39 is 5.82 Å². The molecule has 17 heavy (non-hydrogen) atoms. The highest BCUT2D eigenvalue weighted by atomic mass is 79.9. The molecule has 0 unspecified atom stereocenters. The predicted octanol–water partition coefficient (Wildman–Crippen LogP) is 4.08. The average molecular weight is 317 g/mol. The maximum Gasteiger partial charge on any atom is 0.224 e. The molecule has 1 aromatic heterocycles. The maximum atomic E-state index is 13.4. The Kier molecular flexibility index (Phi) is 3.59. The summed E-state index contributed by atoms with van der Waals surface area (Å²) in [5.41, 5.74) is 1.77. The van der Waals surface area contributed by atoms with Crippen LogP contribution in [0.1, 0.15) is 5.56 Å². The fourth-order valence-corrected chi connectivity index (χ4v) is 2.12. The lowest BCUT2D eigenvalue weighted by Gasteiger charge is -2.08. The van der Waals surface area contributed by atoms with Crippen LogP contribution in [0.5, 0.6) is 0 Å². The van der Waals surface area contributed by atoms with Crippen molar-refractivity contribution in [3.63, 3.8) is 0 Å². The number of nitrogens with zero attached hydrogens (tertiary/aromatic N) is 2. The minimum Gasteiger partial charge on any atom is -0.338 e. The molecule has 0 atom stereocenters. The summed E-state index contributed by atoms with van der Waals surface area (Å²) in [4.78, 5) is 7.33. The van der Waals surface area contributed by atoms with Crippen LogP contribution in [0.2, 0.25) is 5.28 Å². The number of aryl methyl sites for hydroxylation is 1. The van der Waals surface area contributed by atoms with Crippen LogP contribution in [0.3, 0.4) is 0 Å². The summed E-state index contributed by atoms with van der Waals surface area (Å²) >= 11 is 8.97. The van der Waals surface area contributed by atoms with Gasteiger partial charge in [-0.25, -0.2) is 9.37 Å². The minimum atomic E-state index is -0.549. The van der Waals surface area contributed by atoms with E-state index in [2.05, 4.69) is 31.2 Å². The number of aromatic nitrogens is 2. The number of nitrogens with one attached hydrogen (secondary N) is 1.